The largest absolute Gasteiger partial charge is 0.478 e. The first-order chi connectivity index (χ1) is 9.38. The highest BCUT2D eigenvalue weighted by Crippen LogP contribution is 2.33. The predicted molar refractivity (Wildman–Crippen MR) is 63.4 cm³/mol. The van der Waals surface area contributed by atoms with Crippen LogP contribution in [0, 0.1) is 22.9 Å². The van der Waals surface area contributed by atoms with Gasteiger partial charge in [-0.05, 0) is 6.92 Å². The Balaban J connectivity index is 2.48. The summed E-state index contributed by atoms with van der Waals surface area (Å²) in [4.78, 5) is 20.8. The van der Waals surface area contributed by atoms with E-state index in [0.29, 0.717) is 17.8 Å². The van der Waals surface area contributed by atoms with Gasteiger partial charge in [0, 0.05) is 23.9 Å². The van der Waals surface area contributed by atoms with Crippen molar-refractivity contribution in [1.29, 1.82) is 0 Å². The summed E-state index contributed by atoms with van der Waals surface area (Å²) in [7, 11) is 0. The molecule has 104 valence electrons. The fraction of sp³-hybridized carbons (Fsp3) is 0.0909. The number of H-pyrrole nitrogens is 1. The van der Waals surface area contributed by atoms with Gasteiger partial charge in [0.2, 0.25) is 11.6 Å². The number of nitro groups is 1. The van der Waals surface area contributed by atoms with Crippen LogP contribution in [0.1, 0.15) is 16.1 Å². The molecule has 20 heavy (non-hydrogen) atoms. The number of carboxylic acid groups (broad SMARTS) is 1. The maximum Gasteiger partial charge on any atom is 0.338 e. The molecule has 8 nitrogen and oxygen atoms in total. The zero-order valence-electron chi connectivity index (χ0n) is 10.1. The van der Waals surface area contributed by atoms with Crippen molar-refractivity contribution in [3.63, 3.8) is 0 Å². The van der Waals surface area contributed by atoms with E-state index < -0.39 is 33.7 Å². The van der Waals surface area contributed by atoms with E-state index in [1.165, 1.54) is 6.07 Å². The normalized spacial score (nSPS) is 10.3. The third kappa shape index (κ3) is 2.55. The Morgan fingerprint density at radius 1 is 1.50 bits per heavy atom. The zero-order valence-corrected chi connectivity index (χ0v) is 10.1. The fourth-order valence-electron chi connectivity index (χ4n) is 1.49. The summed E-state index contributed by atoms with van der Waals surface area (Å²) in [5.74, 6) is -3.16. The zero-order chi connectivity index (χ0) is 14.9. The van der Waals surface area contributed by atoms with Gasteiger partial charge >= 0.3 is 11.7 Å². The van der Waals surface area contributed by atoms with Gasteiger partial charge in [0.05, 0.1) is 4.92 Å². The SMILES string of the molecule is Cc1cc(Oc2cc(F)c(C(=O)O)cc2[N+](=O)[O-])n[nH]1. The quantitative estimate of drug-likeness (QED) is 0.655. The Morgan fingerprint density at radius 3 is 2.70 bits per heavy atom. The molecule has 0 bridgehead atoms. The minimum atomic E-state index is -1.60. The highest BCUT2D eigenvalue weighted by molar-refractivity contribution is 5.89. The molecule has 0 aliphatic heterocycles. The number of aryl methyl sites for hydroxylation is 1. The molecule has 2 rings (SSSR count). The Bertz CT molecular complexity index is 697. The van der Waals surface area contributed by atoms with E-state index in [1.807, 2.05) is 0 Å². The van der Waals surface area contributed by atoms with Gasteiger partial charge < -0.3 is 9.84 Å². The smallest absolute Gasteiger partial charge is 0.338 e. The van der Waals surface area contributed by atoms with E-state index in [0.717, 1.165) is 0 Å². The summed E-state index contributed by atoms with van der Waals surface area (Å²) >= 11 is 0. The number of aromatic nitrogens is 2. The molecule has 0 atom stereocenters. The average molecular weight is 281 g/mol. The van der Waals surface area contributed by atoms with Crippen LogP contribution in [0.25, 0.3) is 0 Å². The van der Waals surface area contributed by atoms with Crippen molar-refractivity contribution in [2.24, 2.45) is 0 Å². The van der Waals surface area contributed by atoms with Crippen LogP contribution in [-0.2, 0) is 0 Å². The highest BCUT2D eigenvalue weighted by atomic mass is 19.1. The molecule has 1 heterocycles. The molecule has 0 aliphatic carbocycles. The van der Waals surface area contributed by atoms with Crippen LogP contribution >= 0.6 is 0 Å². The minimum Gasteiger partial charge on any atom is -0.478 e. The summed E-state index contributed by atoms with van der Waals surface area (Å²) in [6, 6.07) is 2.70. The molecular formula is C11H8FN3O5. The van der Waals surface area contributed by atoms with Gasteiger partial charge in [-0.25, -0.2) is 9.18 Å². The third-order valence-electron chi connectivity index (χ3n) is 2.37. The second-order valence-electron chi connectivity index (χ2n) is 3.85. The number of aromatic amines is 1. The fourth-order valence-corrected chi connectivity index (χ4v) is 1.49. The van der Waals surface area contributed by atoms with Crippen LogP contribution in [-0.4, -0.2) is 26.2 Å². The van der Waals surface area contributed by atoms with Crippen molar-refractivity contribution in [3.05, 3.63) is 45.4 Å². The number of nitro benzene ring substituents is 1. The van der Waals surface area contributed by atoms with Crippen molar-refractivity contribution < 1.29 is 24.0 Å². The summed E-state index contributed by atoms with van der Waals surface area (Å²) < 4.78 is 18.6. The number of carboxylic acids is 1. The van der Waals surface area contributed by atoms with E-state index in [1.54, 1.807) is 6.92 Å². The maximum atomic E-state index is 13.5. The van der Waals surface area contributed by atoms with Crippen molar-refractivity contribution in [2.45, 2.75) is 6.92 Å². The van der Waals surface area contributed by atoms with Gasteiger partial charge in [-0.3, -0.25) is 15.2 Å². The Labute approximate surface area is 111 Å². The predicted octanol–water partition coefficient (Wildman–Crippen LogP) is 2.26. The number of carbonyl (C=O) groups is 1. The van der Waals surface area contributed by atoms with Crippen molar-refractivity contribution in [3.8, 4) is 11.6 Å². The number of ether oxygens (including phenoxy) is 1. The third-order valence-corrected chi connectivity index (χ3v) is 2.37. The number of aromatic carboxylic acids is 1. The number of hydrogen-bond donors (Lipinski definition) is 2. The first-order valence-electron chi connectivity index (χ1n) is 5.29. The number of hydrogen-bond acceptors (Lipinski definition) is 5. The minimum absolute atomic E-state index is 0.00748. The number of halogens is 1. The molecule has 0 radical (unpaired) electrons. The van der Waals surface area contributed by atoms with Gasteiger partial charge in [-0.2, -0.15) is 0 Å². The molecule has 2 aromatic rings. The summed E-state index contributed by atoms with van der Waals surface area (Å²) in [5, 5.41) is 25.9. The molecule has 0 unspecified atom stereocenters. The topological polar surface area (TPSA) is 118 Å². The van der Waals surface area contributed by atoms with Gasteiger partial charge in [-0.15, -0.1) is 5.10 Å². The van der Waals surface area contributed by atoms with E-state index in [-0.39, 0.29) is 5.88 Å². The lowest BCUT2D eigenvalue weighted by molar-refractivity contribution is -0.385. The lowest BCUT2D eigenvalue weighted by atomic mass is 10.1. The molecule has 0 amide bonds. The second-order valence-corrected chi connectivity index (χ2v) is 3.85. The Morgan fingerprint density at radius 2 is 2.20 bits per heavy atom. The number of rotatable bonds is 4. The average Bonchev–Trinajstić information content (AvgIpc) is 2.74. The Kier molecular flexibility index (Phi) is 3.34. The molecule has 0 aliphatic rings. The van der Waals surface area contributed by atoms with Crippen LogP contribution in [0.4, 0.5) is 10.1 Å². The lowest BCUT2D eigenvalue weighted by Gasteiger charge is -2.05. The first-order valence-corrected chi connectivity index (χ1v) is 5.29. The second kappa shape index (κ2) is 4.96. The molecule has 1 aromatic heterocycles. The first kappa shape index (κ1) is 13.5. The summed E-state index contributed by atoms with van der Waals surface area (Å²) in [5.41, 5.74) is -0.822. The van der Waals surface area contributed by atoms with Gasteiger partial charge in [0.15, 0.2) is 0 Å². The number of nitrogens with zero attached hydrogens (tertiary/aromatic N) is 2. The van der Waals surface area contributed by atoms with E-state index >= 15 is 0 Å². The summed E-state index contributed by atoms with van der Waals surface area (Å²) in [6.45, 7) is 1.68. The van der Waals surface area contributed by atoms with E-state index in [9.17, 15) is 19.3 Å². The van der Waals surface area contributed by atoms with Crippen LogP contribution < -0.4 is 4.74 Å². The van der Waals surface area contributed by atoms with E-state index in [4.69, 9.17) is 9.84 Å². The highest BCUT2D eigenvalue weighted by Gasteiger charge is 2.24. The molecule has 1 aromatic carbocycles. The Hall–Kier alpha value is -2.97. The van der Waals surface area contributed by atoms with Crippen molar-refractivity contribution in [2.75, 3.05) is 0 Å². The van der Waals surface area contributed by atoms with E-state index in [2.05, 4.69) is 10.2 Å². The molecule has 0 spiro atoms. The van der Waals surface area contributed by atoms with Crippen molar-refractivity contribution >= 4 is 11.7 Å². The van der Waals surface area contributed by atoms with Gasteiger partial charge in [-0.1, -0.05) is 0 Å². The van der Waals surface area contributed by atoms with Crippen LogP contribution in [0.5, 0.6) is 11.6 Å². The monoisotopic (exact) mass is 281 g/mol. The molecule has 9 heteroatoms. The van der Waals surface area contributed by atoms with Gasteiger partial charge in [0.25, 0.3) is 0 Å². The lowest BCUT2D eigenvalue weighted by Crippen LogP contribution is -2.03. The molecule has 0 saturated carbocycles. The van der Waals surface area contributed by atoms with Crippen LogP contribution in [0.3, 0.4) is 0 Å². The standard InChI is InChI=1S/C11H8FN3O5/c1-5-2-10(14-13-5)20-9-4-7(12)6(11(16)17)3-8(9)15(18)19/h2-4H,1H3,(H,13,14)(H,16,17). The molecular weight excluding hydrogens is 273 g/mol. The summed E-state index contributed by atoms with van der Waals surface area (Å²) in [6.07, 6.45) is 0. The van der Waals surface area contributed by atoms with Crippen LogP contribution in [0.15, 0.2) is 18.2 Å². The van der Waals surface area contributed by atoms with Crippen LogP contribution in [0.2, 0.25) is 0 Å². The van der Waals surface area contributed by atoms with Crippen molar-refractivity contribution in [1.82, 2.24) is 10.2 Å². The van der Waals surface area contributed by atoms with Gasteiger partial charge in [0.1, 0.15) is 11.4 Å². The maximum absolute atomic E-state index is 13.5. The molecule has 0 fully saturated rings. The molecule has 2 N–H and O–H groups in total. The number of nitrogens with one attached hydrogen (secondary N) is 1. The number of benzene rings is 1. The molecule has 0 saturated heterocycles.